The second kappa shape index (κ2) is 8.04. The molecule has 1 fully saturated rings. The fourth-order valence-corrected chi connectivity index (χ4v) is 3.03. The third-order valence-electron chi connectivity index (χ3n) is 4.66. The predicted molar refractivity (Wildman–Crippen MR) is 103 cm³/mol. The lowest BCUT2D eigenvalue weighted by molar-refractivity contribution is -0.117. The summed E-state index contributed by atoms with van der Waals surface area (Å²) in [6.07, 6.45) is 1.73. The average Bonchev–Trinajstić information content (AvgIpc) is 3.05. The van der Waals surface area contributed by atoms with Gasteiger partial charge in [-0.15, -0.1) is 0 Å². The first kappa shape index (κ1) is 18.0. The fourth-order valence-electron chi connectivity index (χ4n) is 3.03. The number of nitrogens with one attached hydrogen (secondary N) is 1. The monoisotopic (exact) mass is 352 g/mol. The van der Waals surface area contributed by atoms with Crippen LogP contribution in [0.5, 0.6) is 5.75 Å². The molecule has 0 atom stereocenters. The van der Waals surface area contributed by atoms with Crippen molar-refractivity contribution in [1.29, 1.82) is 0 Å². The molecule has 5 nitrogen and oxygen atoms in total. The Bertz CT molecular complexity index is 817. The van der Waals surface area contributed by atoms with Gasteiger partial charge < -0.3 is 15.0 Å². The molecule has 0 radical (unpaired) electrons. The van der Waals surface area contributed by atoms with Gasteiger partial charge in [-0.2, -0.15) is 0 Å². The van der Waals surface area contributed by atoms with E-state index < -0.39 is 0 Å². The summed E-state index contributed by atoms with van der Waals surface area (Å²) < 4.78 is 5.73. The van der Waals surface area contributed by atoms with Crippen molar-refractivity contribution >= 4 is 23.2 Å². The van der Waals surface area contributed by atoms with Crippen LogP contribution in [0.4, 0.5) is 11.4 Å². The van der Waals surface area contributed by atoms with Crippen molar-refractivity contribution in [3.63, 3.8) is 0 Å². The topological polar surface area (TPSA) is 58.6 Å². The number of amides is 2. The number of ether oxygens (including phenoxy) is 1. The van der Waals surface area contributed by atoms with Crippen molar-refractivity contribution in [3.05, 3.63) is 53.6 Å². The average molecular weight is 352 g/mol. The van der Waals surface area contributed by atoms with Gasteiger partial charge in [0.2, 0.25) is 11.8 Å². The highest BCUT2D eigenvalue weighted by Crippen LogP contribution is 2.24. The number of anilines is 2. The Morgan fingerprint density at radius 1 is 1.19 bits per heavy atom. The minimum atomic E-state index is -0.111. The van der Waals surface area contributed by atoms with Crippen LogP contribution in [0.25, 0.3) is 0 Å². The van der Waals surface area contributed by atoms with Crippen LogP contribution in [0, 0.1) is 13.8 Å². The molecule has 0 bridgehead atoms. The van der Waals surface area contributed by atoms with E-state index in [9.17, 15) is 9.59 Å². The van der Waals surface area contributed by atoms with Crippen LogP contribution in [0.2, 0.25) is 0 Å². The first-order valence-electron chi connectivity index (χ1n) is 8.94. The van der Waals surface area contributed by atoms with Crippen LogP contribution in [-0.2, 0) is 9.59 Å². The molecule has 1 heterocycles. The van der Waals surface area contributed by atoms with Crippen molar-refractivity contribution in [1.82, 2.24) is 0 Å². The summed E-state index contributed by atoms with van der Waals surface area (Å²) >= 11 is 0. The molecule has 0 aromatic heterocycles. The van der Waals surface area contributed by atoms with Gasteiger partial charge in [0.25, 0.3) is 0 Å². The highest BCUT2D eigenvalue weighted by Gasteiger charge is 2.21. The quantitative estimate of drug-likeness (QED) is 0.859. The summed E-state index contributed by atoms with van der Waals surface area (Å²) in [4.78, 5) is 25.8. The number of benzene rings is 2. The summed E-state index contributed by atoms with van der Waals surface area (Å²) in [6, 6.07) is 13.3. The first-order chi connectivity index (χ1) is 12.5. The standard InChI is InChI=1S/C21H24N2O3/c1-15-6-3-9-19(16(15)2)26-13-11-20(24)22-17-7-4-8-18(14-17)23-12-5-10-21(23)25/h3-4,6-9,14H,5,10-13H2,1-2H3,(H,22,24). The summed E-state index contributed by atoms with van der Waals surface area (Å²) in [5, 5.41) is 2.88. The zero-order valence-electron chi connectivity index (χ0n) is 15.2. The Kier molecular flexibility index (Phi) is 5.56. The molecule has 5 heteroatoms. The van der Waals surface area contributed by atoms with Gasteiger partial charge in [0, 0.05) is 24.3 Å². The highest BCUT2D eigenvalue weighted by atomic mass is 16.5. The number of carbonyl (C=O) groups is 2. The Morgan fingerprint density at radius 2 is 2.00 bits per heavy atom. The number of aryl methyl sites for hydroxylation is 1. The maximum Gasteiger partial charge on any atom is 0.227 e. The lowest BCUT2D eigenvalue weighted by Crippen LogP contribution is -2.23. The van der Waals surface area contributed by atoms with Gasteiger partial charge in [-0.25, -0.2) is 0 Å². The highest BCUT2D eigenvalue weighted by molar-refractivity contribution is 5.97. The third-order valence-corrected chi connectivity index (χ3v) is 4.66. The van der Waals surface area contributed by atoms with E-state index in [4.69, 9.17) is 4.74 Å². The molecule has 1 saturated heterocycles. The number of hydrogen-bond acceptors (Lipinski definition) is 3. The second-order valence-electron chi connectivity index (χ2n) is 6.54. The van der Waals surface area contributed by atoms with E-state index in [1.807, 2.05) is 56.3 Å². The van der Waals surface area contributed by atoms with Crippen molar-refractivity contribution in [2.24, 2.45) is 0 Å². The lowest BCUT2D eigenvalue weighted by Gasteiger charge is -2.17. The third kappa shape index (κ3) is 4.23. The Labute approximate surface area is 154 Å². The van der Waals surface area contributed by atoms with Crippen molar-refractivity contribution in [2.45, 2.75) is 33.1 Å². The van der Waals surface area contributed by atoms with Crippen LogP contribution in [0.1, 0.15) is 30.4 Å². The number of nitrogens with zero attached hydrogens (tertiary/aromatic N) is 1. The zero-order chi connectivity index (χ0) is 18.5. The molecular weight excluding hydrogens is 328 g/mol. The molecule has 136 valence electrons. The molecule has 2 aromatic carbocycles. The maximum absolute atomic E-state index is 12.2. The van der Waals surface area contributed by atoms with Gasteiger partial charge in [-0.05, 0) is 55.7 Å². The van der Waals surface area contributed by atoms with E-state index in [1.54, 1.807) is 4.90 Å². The smallest absolute Gasteiger partial charge is 0.227 e. The predicted octanol–water partition coefficient (Wildman–Crippen LogP) is 3.84. The summed E-state index contributed by atoms with van der Waals surface area (Å²) in [7, 11) is 0. The van der Waals surface area contributed by atoms with E-state index in [2.05, 4.69) is 5.32 Å². The molecule has 0 aliphatic carbocycles. The first-order valence-corrected chi connectivity index (χ1v) is 8.94. The van der Waals surface area contributed by atoms with Crippen molar-refractivity contribution in [2.75, 3.05) is 23.4 Å². The summed E-state index contributed by atoms with van der Waals surface area (Å²) in [5.74, 6) is 0.836. The Balaban J connectivity index is 1.53. The molecule has 0 saturated carbocycles. The number of carbonyl (C=O) groups excluding carboxylic acids is 2. The van der Waals surface area contributed by atoms with Gasteiger partial charge in [0.15, 0.2) is 0 Å². The fraction of sp³-hybridized carbons (Fsp3) is 0.333. The molecule has 0 spiro atoms. The molecule has 2 amide bonds. The zero-order valence-corrected chi connectivity index (χ0v) is 15.2. The van der Waals surface area contributed by atoms with E-state index in [1.165, 1.54) is 5.56 Å². The van der Waals surface area contributed by atoms with E-state index in [-0.39, 0.29) is 18.2 Å². The largest absolute Gasteiger partial charge is 0.493 e. The molecule has 26 heavy (non-hydrogen) atoms. The van der Waals surface area contributed by atoms with Crippen molar-refractivity contribution < 1.29 is 14.3 Å². The summed E-state index contributed by atoms with van der Waals surface area (Å²) in [6.45, 7) is 5.10. The van der Waals surface area contributed by atoms with Crippen LogP contribution in [0.3, 0.4) is 0 Å². The molecule has 1 N–H and O–H groups in total. The van der Waals surface area contributed by atoms with Crippen LogP contribution in [-0.4, -0.2) is 25.0 Å². The molecular formula is C21H24N2O3. The maximum atomic E-state index is 12.2. The van der Waals surface area contributed by atoms with Gasteiger partial charge in [-0.1, -0.05) is 18.2 Å². The minimum absolute atomic E-state index is 0.111. The van der Waals surface area contributed by atoms with Crippen LogP contribution in [0.15, 0.2) is 42.5 Å². The van der Waals surface area contributed by atoms with Gasteiger partial charge >= 0.3 is 0 Å². The van der Waals surface area contributed by atoms with Gasteiger partial charge in [0.05, 0.1) is 13.0 Å². The normalized spacial score (nSPS) is 13.8. The van der Waals surface area contributed by atoms with E-state index in [0.717, 1.165) is 30.0 Å². The second-order valence-corrected chi connectivity index (χ2v) is 6.54. The Hall–Kier alpha value is -2.82. The van der Waals surface area contributed by atoms with E-state index >= 15 is 0 Å². The Morgan fingerprint density at radius 3 is 2.77 bits per heavy atom. The molecule has 1 aliphatic rings. The molecule has 2 aromatic rings. The number of rotatable bonds is 6. The van der Waals surface area contributed by atoms with Crippen LogP contribution >= 0.6 is 0 Å². The van der Waals surface area contributed by atoms with Gasteiger partial charge in [-0.3, -0.25) is 9.59 Å². The SMILES string of the molecule is Cc1cccc(OCCC(=O)Nc2cccc(N3CCCC3=O)c2)c1C. The van der Waals surface area contributed by atoms with Crippen molar-refractivity contribution in [3.8, 4) is 5.75 Å². The number of hydrogen-bond donors (Lipinski definition) is 1. The van der Waals surface area contributed by atoms with E-state index in [0.29, 0.717) is 18.7 Å². The van der Waals surface area contributed by atoms with Crippen LogP contribution < -0.4 is 15.0 Å². The lowest BCUT2D eigenvalue weighted by atomic mass is 10.1. The molecule has 0 unspecified atom stereocenters. The minimum Gasteiger partial charge on any atom is -0.493 e. The summed E-state index contributed by atoms with van der Waals surface area (Å²) in [5.41, 5.74) is 3.78. The van der Waals surface area contributed by atoms with Gasteiger partial charge in [0.1, 0.15) is 5.75 Å². The molecule has 3 rings (SSSR count). The molecule has 1 aliphatic heterocycles.